The first-order valence-corrected chi connectivity index (χ1v) is 12.2. The molecule has 2 heterocycles. The van der Waals surface area contributed by atoms with Gasteiger partial charge >= 0.3 is 0 Å². The third-order valence-electron chi connectivity index (χ3n) is 6.81. The SMILES string of the molecule is Cc1ccc(CN2C(=O)c3oc4cc(C)c(Cl)cc4c(=O)c3C2c2ccc(C(C)(C)C)cc2)cc1. The van der Waals surface area contributed by atoms with E-state index in [0.29, 0.717) is 28.1 Å². The van der Waals surface area contributed by atoms with E-state index in [2.05, 4.69) is 32.9 Å². The molecule has 0 saturated heterocycles. The van der Waals surface area contributed by atoms with Crippen molar-refractivity contribution in [3.8, 4) is 0 Å². The van der Waals surface area contributed by atoms with Gasteiger partial charge < -0.3 is 9.32 Å². The van der Waals surface area contributed by atoms with Crippen LogP contribution in [0.3, 0.4) is 0 Å². The van der Waals surface area contributed by atoms with Gasteiger partial charge in [0.25, 0.3) is 5.91 Å². The zero-order valence-electron chi connectivity index (χ0n) is 20.6. The van der Waals surface area contributed by atoms with E-state index in [-0.39, 0.29) is 22.5 Å². The molecule has 4 nitrogen and oxygen atoms in total. The van der Waals surface area contributed by atoms with E-state index in [1.54, 1.807) is 17.0 Å². The molecule has 178 valence electrons. The number of aryl methyl sites for hydroxylation is 2. The lowest BCUT2D eigenvalue weighted by Crippen LogP contribution is -2.29. The molecule has 0 spiro atoms. The third kappa shape index (κ3) is 4.06. The van der Waals surface area contributed by atoms with Crippen molar-refractivity contribution in [1.29, 1.82) is 0 Å². The second-order valence-electron chi connectivity index (χ2n) is 10.5. The van der Waals surface area contributed by atoms with Gasteiger partial charge in [0.15, 0.2) is 5.43 Å². The summed E-state index contributed by atoms with van der Waals surface area (Å²) in [5, 5.41) is 0.886. The molecule has 1 aliphatic heterocycles. The van der Waals surface area contributed by atoms with Crippen molar-refractivity contribution in [3.05, 3.63) is 115 Å². The monoisotopic (exact) mass is 485 g/mol. The Labute approximate surface area is 210 Å². The van der Waals surface area contributed by atoms with E-state index in [0.717, 1.165) is 22.3 Å². The largest absolute Gasteiger partial charge is 0.450 e. The average Bonchev–Trinajstić information content (AvgIpc) is 3.08. The number of hydrogen-bond donors (Lipinski definition) is 0. The van der Waals surface area contributed by atoms with Gasteiger partial charge in [0.05, 0.1) is 17.0 Å². The Hall–Kier alpha value is -3.37. The maximum absolute atomic E-state index is 13.8. The van der Waals surface area contributed by atoms with Gasteiger partial charge in [-0.2, -0.15) is 0 Å². The summed E-state index contributed by atoms with van der Waals surface area (Å²) in [4.78, 5) is 29.2. The summed E-state index contributed by atoms with van der Waals surface area (Å²) in [6, 6.07) is 19.1. The summed E-state index contributed by atoms with van der Waals surface area (Å²) in [5.74, 6) is -0.168. The Morgan fingerprint density at radius 2 is 1.60 bits per heavy atom. The van der Waals surface area contributed by atoms with E-state index in [1.165, 1.54) is 5.56 Å². The minimum atomic E-state index is -0.548. The lowest BCUT2D eigenvalue weighted by molar-refractivity contribution is 0.0714. The van der Waals surface area contributed by atoms with Gasteiger partial charge in [0, 0.05) is 11.6 Å². The quantitative estimate of drug-likeness (QED) is 0.311. The summed E-state index contributed by atoms with van der Waals surface area (Å²) in [6.45, 7) is 10.7. The molecule has 0 N–H and O–H groups in total. The minimum Gasteiger partial charge on any atom is -0.450 e. The fourth-order valence-corrected chi connectivity index (χ4v) is 4.87. The molecule has 1 atom stereocenters. The van der Waals surface area contributed by atoms with Gasteiger partial charge in [-0.15, -0.1) is 0 Å². The molecular formula is C30H28ClNO3. The molecule has 5 rings (SSSR count). The Morgan fingerprint density at radius 3 is 2.23 bits per heavy atom. The highest BCUT2D eigenvalue weighted by Gasteiger charge is 2.42. The van der Waals surface area contributed by atoms with E-state index in [9.17, 15) is 9.59 Å². The van der Waals surface area contributed by atoms with Crippen LogP contribution in [0, 0.1) is 13.8 Å². The van der Waals surface area contributed by atoms with Crippen LogP contribution in [0.15, 0.2) is 69.9 Å². The minimum absolute atomic E-state index is 0.00659. The number of hydrogen-bond acceptors (Lipinski definition) is 3. The van der Waals surface area contributed by atoms with Crippen molar-refractivity contribution in [3.63, 3.8) is 0 Å². The molecule has 0 saturated carbocycles. The number of carbonyl (C=O) groups is 1. The van der Waals surface area contributed by atoms with Gasteiger partial charge in [0.2, 0.25) is 5.76 Å². The smallest absolute Gasteiger partial charge is 0.291 e. The third-order valence-corrected chi connectivity index (χ3v) is 7.22. The Balaban J connectivity index is 1.71. The normalized spacial score (nSPS) is 15.7. The number of halogens is 1. The molecule has 0 bridgehead atoms. The Bertz CT molecular complexity index is 1510. The summed E-state index contributed by atoms with van der Waals surface area (Å²) >= 11 is 6.34. The van der Waals surface area contributed by atoms with E-state index in [1.807, 2.05) is 50.2 Å². The molecule has 1 amide bonds. The zero-order chi connectivity index (χ0) is 25.1. The summed E-state index contributed by atoms with van der Waals surface area (Å²) < 4.78 is 6.10. The van der Waals surface area contributed by atoms with Crippen LogP contribution in [-0.2, 0) is 12.0 Å². The highest BCUT2D eigenvalue weighted by atomic mass is 35.5. The lowest BCUT2D eigenvalue weighted by atomic mass is 9.86. The molecule has 0 radical (unpaired) electrons. The van der Waals surface area contributed by atoms with Crippen LogP contribution in [-0.4, -0.2) is 10.8 Å². The molecular weight excluding hydrogens is 458 g/mol. The number of carbonyl (C=O) groups excluding carboxylic acids is 1. The van der Waals surface area contributed by atoms with Crippen LogP contribution in [0.25, 0.3) is 11.0 Å². The standard InChI is InChI=1S/C30H28ClNO3/c1-17-6-8-19(9-7-17)16-32-26(20-10-12-21(13-11-20)30(3,4)5)25-27(33)22-15-23(31)18(2)14-24(22)35-28(25)29(32)34/h6-15,26H,16H2,1-5H3. The maximum atomic E-state index is 13.8. The fourth-order valence-electron chi connectivity index (χ4n) is 4.71. The highest BCUT2D eigenvalue weighted by Crippen LogP contribution is 2.40. The number of benzene rings is 3. The van der Waals surface area contributed by atoms with Crippen LogP contribution in [0.1, 0.15) is 70.7 Å². The lowest BCUT2D eigenvalue weighted by Gasteiger charge is -2.26. The maximum Gasteiger partial charge on any atom is 0.291 e. The van der Waals surface area contributed by atoms with E-state index >= 15 is 0 Å². The second-order valence-corrected chi connectivity index (χ2v) is 10.9. The fraction of sp³-hybridized carbons (Fsp3) is 0.267. The first-order valence-electron chi connectivity index (χ1n) is 11.8. The molecule has 4 aromatic rings. The molecule has 35 heavy (non-hydrogen) atoms. The van der Waals surface area contributed by atoms with Gasteiger partial charge in [-0.25, -0.2) is 0 Å². The number of rotatable bonds is 3. The molecule has 1 aliphatic rings. The average molecular weight is 486 g/mol. The zero-order valence-corrected chi connectivity index (χ0v) is 21.4. The first-order chi connectivity index (χ1) is 16.5. The molecule has 5 heteroatoms. The molecule has 3 aromatic carbocycles. The summed E-state index contributed by atoms with van der Waals surface area (Å²) in [5.41, 5.74) is 5.52. The summed E-state index contributed by atoms with van der Waals surface area (Å²) in [6.07, 6.45) is 0. The molecule has 1 unspecified atom stereocenters. The summed E-state index contributed by atoms with van der Waals surface area (Å²) in [7, 11) is 0. The number of nitrogens with zero attached hydrogens (tertiary/aromatic N) is 1. The van der Waals surface area contributed by atoms with Crippen LogP contribution < -0.4 is 5.43 Å². The van der Waals surface area contributed by atoms with Crippen molar-refractivity contribution in [2.45, 2.75) is 52.6 Å². The van der Waals surface area contributed by atoms with Crippen LogP contribution in [0.4, 0.5) is 0 Å². The van der Waals surface area contributed by atoms with Crippen molar-refractivity contribution >= 4 is 28.5 Å². The van der Waals surface area contributed by atoms with Crippen LogP contribution >= 0.6 is 11.6 Å². The Morgan fingerprint density at radius 1 is 0.943 bits per heavy atom. The van der Waals surface area contributed by atoms with Gasteiger partial charge in [0.1, 0.15) is 5.58 Å². The second kappa shape index (κ2) is 8.39. The topological polar surface area (TPSA) is 50.5 Å². The van der Waals surface area contributed by atoms with Crippen molar-refractivity contribution < 1.29 is 9.21 Å². The van der Waals surface area contributed by atoms with E-state index < -0.39 is 6.04 Å². The first kappa shape index (κ1) is 23.4. The molecule has 0 fully saturated rings. The van der Waals surface area contributed by atoms with Crippen molar-refractivity contribution in [1.82, 2.24) is 4.90 Å². The van der Waals surface area contributed by atoms with Crippen molar-refractivity contribution in [2.24, 2.45) is 0 Å². The van der Waals surface area contributed by atoms with E-state index in [4.69, 9.17) is 16.0 Å². The van der Waals surface area contributed by atoms with Gasteiger partial charge in [-0.1, -0.05) is 86.5 Å². The van der Waals surface area contributed by atoms with Crippen LogP contribution in [0.5, 0.6) is 0 Å². The highest BCUT2D eigenvalue weighted by molar-refractivity contribution is 6.32. The number of amides is 1. The van der Waals surface area contributed by atoms with Crippen molar-refractivity contribution in [2.75, 3.05) is 0 Å². The molecule has 1 aromatic heterocycles. The van der Waals surface area contributed by atoms with Crippen LogP contribution in [0.2, 0.25) is 5.02 Å². The van der Waals surface area contributed by atoms with Gasteiger partial charge in [-0.05, 0) is 53.6 Å². The molecule has 0 aliphatic carbocycles. The van der Waals surface area contributed by atoms with Gasteiger partial charge in [-0.3, -0.25) is 9.59 Å². The predicted molar refractivity (Wildman–Crippen MR) is 140 cm³/mol. The Kier molecular flexibility index (Phi) is 5.60. The predicted octanol–water partition coefficient (Wildman–Crippen LogP) is 7.11. The number of fused-ring (bicyclic) bond motifs is 2.